The molecular formula is C51H54N4O7. The van der Waals surface area contributed by atoms with Crippen molar-refractivity contribution in [3.05, 3.63) is 177 Å². The number of aromatic amines is 1. The maximum Gasteiger partial charge on any atom is 0.317 e. The van der Waals surface area contributed by atoms with E-state index in [4.69, 9.17) is 9.47 Å². The van der Waals surface area contributed by atoms with Gasteiger partial charge in [0.2, 0.25) is 5.56 Å². The lowest BCUT2D eigenvalue weighted by Crippen LogP contribution is -2.52. The molecule has 2 aliphatic rings. The van der Waals surface area contributed by atoms with Gasteiger partial charge >= 0.3 is 5.97 Å². The first-order chi connectivity index (χ1) is 30.3. The number of amides is 1. The number of hydrogen-bond donors (Lipinski definition) is 4. The Kier molecular flexibility index (Phi) is 13.7. The summed E-state index contributed by atoms with van der Waals surface area (Å²) in [4.78, 5) is 45.7. The quantitative estimate of drug-likeness (QED) is 0.0574. The molecule has 1 aromatic heterocycles. The first kappa shape index (κ1) is 42.4. The van der Waals surface area contributed by atoms with Crippen molar-refractivity contribution in [3.8, 4) is 11.5 Å². The lowest BCUT2D eigenvalue weighted by atomic mass is 9.91. The largest absolute Gasteiger partial charge is 0.506 e. The predicted octanol–water partition coefficient (Wildman–Crippen LogP) is 6.84. The van der Waals surface area contributed by atoms with Crippen LogP contribution >= 0.6 is 0 Å². The molecule has 4 N–H and O–H groups in total. The van der Waals surface area contributed by atoms with Gasteiger partial charge in [-0.2, -0.15) is 0 Å². The third kappa shape index (κ3) is 10.6. The Morgan fingerprint density at radius 3 is 2.26 bits per heavy atom. The van der Waals surface area contributed by atoms with Gasteiger partial charge < -0.3 is 34.9 Å². The number of aliphatic hydroxyl groups excluding tert-OH is 1. The minimum absolute atomic E-state index is 0.0135. The van der Waals surface area contributed by atoms with Gasteiger partial charge in [-0.25, -0.2) is 0 Å². The van der Waals surface area contributed by atoms with Gasteiger partial charge in [0, 0.05) is 49.1 Å². The van der Waals surface area contributed by atoms with Crippen molar-refractivity contribution in [3.63, 3.8) is 0 Å². The summed E-state index contributed by atoms with van der Waals surface area (Å²) < 4.78 is 12.3. The maximum atomic E-state index is 13.8. The molecule has 0 aliphatic carbocycles. The van der Waals surface area contributed by atoms with Gasteiger partial charge in [-0.05, 0) is 109 Å². The van der Waals surface area contributed by atoms with E-state index >= 15 is 0 Å². The molecule has 11 heteroatoms. The smallest absolute Gasteiger partial charge is 0.317 e. The van der Waals surface area contributed by atoms with Gasteiger partial charge in [0.25, 0.3) is 5.91 Å². The number of rotatable bonds is 17. The molecule has 11 nitrogen and oxygen atoms in total. The minimum Gasteiger partial charge on any atom is -0.506 e. The zero-order valence-corrected chi connectivity index (χ0v) is 34.8. The fourth-order valence-corrected chi connectivity index (χ4v) is 8.51. The first-order valence-corrected chi connectivity index (χ1v) is 21.6. The van der Waals surface area contributed by atoms with Crippen LogP contribution in [0.3, 0.4) is 0 Å². The molecule has 0 saturated carbocycles. The molecule has 0 spiro atoms. The maximum absolute atomic E-state index is 13.8. The highest BCUT2D eigenvalue weighted by molar-refractivity contribution is 5.94. The number of piperidine rings is 1. The summed E-state index contributed by atoms with van der Waals surface area (Å²) in [5, 5.41) is 24.8. The number of aromatic nitrogens is 1. The number of carbonyl (C=O) groups excluding carboxylic acids is 2. The summed E-state index contributed by atoms with van der Waals surface area (Å²) in [7, 11) is 0. The summed E-state index contributed by atoms with van der Waals surface area (Å²) in [5.41, 5.74) is 5.30. The van der Waals surface area contributed by atoms with Crippen molar-refractivity contribution in [2.75, 3.05) is 52.5 Å². The number of hydrogen-bond acceptors (Lipinski definition) is 9. The molecule has 2 saturated heterocycles. The van der Waals surface area contributed by atoms with E-state index in [-0.39, 0.29) is 29.1 Å². The summed E-state index contributed by atoms with van der Waals surface area (Å²) in [6.45, 7) is 5.90. The van der Waals surface area contributed by atoms with Crippen LogP contribution in [0, 0.1) is 11.8 Å². The molecule has 0 bridgehead atoms. The second kappa shape index (κ2) is 20.1. The second-order valence-corrected chi connectivity index (χ2v) is 16.6. The van der Waals surface area contributed by atoms with Gasteiger partial charge in [-0.1, -0.05) is 91.0 Å². The lowest BCUT2D eigenvalue weighted by molar-refractivity contribution is -0.146. The molecule has 3 heterocycles. The number of nitrogens with one attached hydrogen (secondary N) is 2. The highest BCUT2D eigenvalue weighted by atomic mass is 16.5. The summed E-state index contributed by atoms with van der Waals surface area (Å²) in [5.74, 6) is 0.323. The van der Waals surface area contributed by atoms with E-state index in [0.717, 1.165) is 49.2 Å². The van der Waals surface area contributed by atoms with Crippen LogP contribution in [-0.2, 0) is 22.5 Å². The second-order valence-electron chi connectivity index (χ2n) is 16.6. The third-order valence-corrected chi connectivity index (χ3v) is 12.1. The standard InChI is InChI=1S/C51H54N4O7/c56-45-20-18-43(44-19-21-47(58)53-49(44)45)46(57)29-52-25-22-35-14-16-40(17-15-35)50(59)55-31-38(32-55)34-61-42-13-7-12-41(28-42)48(39-10-5-2-6-11-39)51(60)62-33-37-23-26-54(27-24-37)30-36-8-3-1-4-9-36/h1-21,28,37-38,46,48,52,56-57H,22-27,29-34H2,(H,53,58)/t46-,48?/m0/s1. The van der Waals surface area contributed by atoms with Crippen molar-refractivity contribution >= 4 is 22.8 Å². The van der Waals surface area contributed by atoms with E-state index in [1.54, 1.807) is 12.1 Å². The molecule has 2 fully saturated rings. The molecule has 0 radical (unpaired) electrons. The van der Waals surface area contributed by atoms with Gasteiger partial charge in [0.1, 0.15) is 17.4 Å². The van der Waals surface area contributed by atoms with Crippen LogP contribution < -0.4 is 15.6 Å². The number of ether oxygens (including phenoxy) is 2. The molecule has 8 rings (SSSR count). The van der Waals surface area contributed by atoms with Gasteiger partial charge in [-0.3, -0.25) is 19.3 Å². The van der Waals surface area contributed by atoms with Crippen LogP contribution in [0.2, 0.25) is 0 Å². The zero-order valence-electron chi connectivity index (χ0n) is 34.8. The summed E-state index contributed by atoms with van der Waals surface area (Å²) in [6, 6.07) is 41.7. The molecule has 1 unspecified atom stereocenters. The van der Waals surface area contributed by atoms with Crippen molar-refractivity contribution in [1.82, 2.24) is 20.1 Å². The SMILES string of the molecule is O=C(OCC1CCN(Cc2ccccc2)CC1)C(c1ccccc1)c1cccc(OCC2CN(C(=O)c3ccc(CCNC[C@H](O)c4ccc(O)c5[nH]c(=O)ccc45)cc3)C2)c1. The fraction of sp³-hybridized carbons (Fsp3) is 0.314. The van der Waals surface area contributed by atoms with Gasteiger partial charge in [0.15, 0.2) is 0 Å². The Bertz CT molecular complexity index is 2480. The molecule has 2 aliphatic heterocycles. The number of nitrogens with zero attached hydrogens (tertiary/aromatic N) is 2. The summed E-state index contributed by atoms with van der Waals surface area (Å²) in [6.07, 6.45) is 1.87. The molecule has 6 aromatic rings. The molecule has 1 amide bonds. The lowest BCUT2D eigenvalue weighted by Gasteiger charge is -2.39. The van der Waals surface area contributed by atoms with Crippen LogP contribution in [0.5, 0.6) is 11.5 Å². The zero-order chi connectivity index (χ0) is 42.8. The Morgan fingerprint density at radius 1 is 0.774 bits per heavy atom. The topological polar surface area (TPSA) is 144 Å². The fourth-order valence-electron chi connectivity index (χ4n) is 8.51. The number of aliphatic hydroxyl groups is 1. The number of esters is 1. The number of carbonyl (C=O) groups is 2. The minimum atomic E-state index is -0.836. The number of fused-ring (bicyclic) bond motifs is 1. The van der Waals surface area contributed by atoms with Gasteiger partial charge in [0.05, 0.1) is 24.8 Å². The number of aromatic hydroxyl groups is 1. The summed E-state index contributed by atoms with van der Waals surface area (Å²) >= 11 is 0. The van der Waals surface area contributed by atoms with E-state index in [1.807, 2.05) is 89.8 Å². The van der Waals surface area contributed by atoms with Crippen molar-refractivity contribution in [2.24, 2.45) is 11.8 Å². The Hall–Kier alpha value is -6.27. The Labute approximate surface area is 361 Å². The van der Waals surface area contributed by atoms with Crippen LogP contribution in [0.15, 0.2) is 138 Å². The normalized spacial score (nSPS) is 15.8. The molecule has 62 heavy (non-hydrogen) atoms. The molecule has 2 atom stereocenters. The molecule has 320 valence electrons. The number of pyridine rings is 1. The third-order valence-electron chi connectivity index (χ3n) is 12.1. The first-order valence-electron chi connectivity index (χ1n) is 21.6. The highest BCUT2D eigenvalue weighted by Gasteiger charge is 2.32. The van der Waals surface area contributed by atoms with E-state index < -0.39 is 12.0 Å². The number of likely N-dealkylation sites (tertiary alicyclic amines) is 2. The van der Waals surface area contributed by atoms with Crippen LogP contribution in [-0.4, -0.2) is 89.4 Å². The molecule has 5 aromatic carbocycles. The predicted molar refractivity (Wildman–Crippen MR) is 239 cm³/mol. The van der Waals surface area contributed by atoms with Crippen LogP contribution in [0.4, 0.5) is 0 Å². The average Bonchev–Trinajstić information content (AvgIpc) is 3.28. The van der Waals surface area contributed by atoms with Gasteiger partial charge in [-0.15, -0.1) is 0 Å². The Balaban J connectivity index is 0.773. The monoisotopic (exact) mass is 834 g/mol. The molecular weight excluding hydrogens is 781 g/mol. The number of benzene rings is 5. The van der Waals surface area contributed by atoms with Crippen molar-refractivity contribution in [2.45, 2.75) is 37.8 Å². The average molecular weight is 835 g/mol. The number of phenols is 1. The van der Waals surface area contributed by atoms with Crippen molar-refractivity contribution < 1.29 is 29.3 Å². The number of H-pyrrole nitrogens is 1. The van der Waals surface area contributed by atoms with E-state index in [0.29, 0.717) is 79.5 Å². The van der Waals surface area contributed by atoms with E-state index in [9.17, 15) is 24.6 Å². The van der Waals surface area contributed by atoms with Crippen LogP contribution in [0.25, 0.3) is 10.9 Å². The highest BCUT2D eigenvalue weighted by Crippen LogP contribution is 2.31. The van der Waals surface area contributed by atoms with E-state index in [2.05, 4.69) is 39.5 Å². The number of phenolic OH excluding ortho intramolecular Hbond substituents is 1. The van der Waals surface area contributed by atoms with Crippen molar-refractivity contribution in [1.29, 1.82) is 0 Å². The Morgan fingerprint density at radius 2 is 1.50 bits per heavy atom. The van der Waals surface area contributed by atoms with E-state index in [1.165, 1.54) is 17.7 Å². The van der Waals surface area contributed by atoms with Crippen LogP contribution in [0.1, 0.15) is 63.0 Å².